The molecule has 0 amide bonds. The van der Waals surface area contributed by atoms with Crippen molar-refractivity contribution >= 4 is 48.5 Å². The van der Waals surface area contributed by atoms with Crippen LogP contribution in [0.25, 0.3) is 10.9 Å². The topological polar surface area (TPSA) is 38.9 Å². The van der Waals surface area contributed by atoms with Gasteiger partial charge < -0.3 is 5.73 Å². The van der Waals surface area contributed by atoms with E-state index in [0.717, 1.165) is 20.1 Å². The zero-order chi connectivity index (χ0) is 14.5. The summed E-state index contributed by atoms with van der Waals surface area (Å²) < 4.78 is 2.02. The molecule has 1 aromatic heterocycles. The van der Waals surface area contributed by atoms with E-state index < -0.39 is 0 Å². The number of rotatable bonds is 0. The molecule has 20 heavy (non-hydrogen) atoms. The van der Waals surface area contributed by atoms with Crippen molar-refractivity contribution < 1.29 is 0 Å². The molecule has 0 unspecified atom stereocenters. The van der Waals surface area contributed by atoms with Crippen molar-refractivity contribution in [3.8, 4) is 0 Å². The van der Waals surface area contributed by atoms with E-state index in [2.05, 4.69) is 49.8 Å². The van der Waals surface area contributed by atoms with E-state index >= 15 is 0 Å². The van der Waals surface area contributed by atoms with Gasteiger partial charge in [-0.15, -0.1) is 0 Å². The number of anilines is 1. The summed E-state index contributed by atoms with van der Waals surface area (Å²) in [6, 6.07) is 15.7. The Morgan fingerprint density at radius 1 is 0.900 bits per heavy atom. The standard InChI is InChI=1S/C10H8BrN.C6H6BrN/c1-7-5-6-12-10-8(7)3-2-4-9(10)11;7-5-3-1-2-4-6(5)8/h2-6H,1H3;1-4H,8H2. The number of pyridine rings is 1. The van der Waals surface area contributed by atoms with Gasteiger partial charge in [-0.1, -0.05) is 24.3 Å². The van der Waals surface area contributed by atoms with Gasteiger partial charge in [0.05, 0.1) is 5.52 Å². The van der Waals surface area contributed by atoms with Gasteiger partial charge in [-0.25, -0.2) is 0 Å². The van der Waals surface area contributed by atoms with E-state index in [0.29, 0.717) is 0 Å². The number of fused-ring (bicyclic) bond motifs is 1. The van der Waals surface area contributed by atoms with Crippen LogP contribution < -0.4 is 5.73 Å². The summed E-state index contributed by atoms with van der Waals surface area (Å²) in [6.07, 6.45) is 1.84. The molecule has 0 saturated carbocycles. The molecule has 0 saturated heterocycles. The molecule has 2 N–H and O–H groups in total. The van der Waals surface area contributed by atoms with Crippen LogP contribution in [0.5, 0.6) is 0 Å². The Morgan fingerprint density at radius 2 is 1.60 bits per heavy atom. The van der Waals surface area contributed by atoms with Crippen LogP contribution in [0, 0.1) is 6.92 Å². The van der Waals surface area contributed by atoms with Crippen molar-refractivity contribution in [1.82, 2.24) is 4.98 Å². The lowest BCUT2D eigenvalue weighted by atomic mass is 10.1. The Labute approximate surface area is 135 Å². The average molecular weight is 394 g/mol. The minimum absolute atomic E-state index is 0.785. The zero-order valence-corrected chi connectivity index (χ0v) is 14.1. The molecular formula is C16H14Br2N2. The maximum absolute atomic E-state index is 5.47. The number of nitrogens with zero attached hydrogens (tertiary/aromatic N) is 1. The van der Waals surface area contributed by atoms with Crippen molar-refractivity contribution in [3.63, 3.8) is 0 Å². The van der Waals surface area contributed by atoms with Crippen LogP contribution >= 0.6 is 31.9 Å². The van der Waals surface area contributed by atoms with Crippen LogP contribution in [0.2, 0.25) is 0 Å². The lowest BCUT2D eigenvalue weighted by Gasteiger charge is -2.01. The number of halogens is 2. The number of benzene rings is 2. The summed E-state index contributed by atoms with van der Waals surface area (Å²) in [5.74, 6) is 0. The highest BCUT2D eigenvalue weighted by atomic mass is 79.9. The minimum Gasteiger partial charge on any atom is -0.398 e. The Hall–Kier alpha value is -1.39. The summed E-state index contributed by atoms with van der Waals surface area (Å²) in [5, 5.41) is 1.21. The zero-order valence-electron chi connectivity index (χ0n) is 11.0. The van der Waals surface area contributed by atoms with E-state index in [1.807, 2.05) is 48.7 Å². The number of aromatic nitrogens is 1. The highest BCUT2D eigenvalue weighted by molar-refractivity contribution is 9.11. The SMILES string of the molecule is Cc1ccnc2c(Br)cccc12.Nc1ccccc1Br. The van der Waals surface area contributed by atoms with Crippen LogP contribution in [-0.2, 0) is 0 Å². The first kappa shape index (κ1) is 15.0. The van der Waals surface area contributed by atoms with Crippen LogP contribution in [0.4, 0.5) is 5.69 Å². The molecule has 2 aromatic carbocycles. The molecule has 0 aliphatic carbocycles. The predicted octanol–water partition coefficient (Wildman–Crippen LogP) is 5.34. The van der Waals surface area contributed by atoms with Crippen LogP contribution in [0.1, 0.15) is 5.56 Å². The summed E-state index contributed by atoms with van der Waals surface area (Å²) in [4.78, 5) is 4.29. The number of nitrogens with two attached hydrogens (primary N) is 1. The van der Waals surface area contributed by atoms with E-state index in [9.17, 15) is 0 Å². The Bertz CT molecular complexity index is 664. The quantitative estimate of drug-likeness (QED) is 0.523. The maximum Gasteiger partial charge on any atom is 0.0846 e. The second kappa shape index (κ2) is 6.86. The van der Waals surface area contributed by atoms with Crippen molar-refractivity contribution in [2.24, 2.45) is 0 Å². The molecule has 4 heteroatoms. The van der Waals surface area contributed by atoms with Crippen molar-refractivity contribution in [3.05, 3.63) is 69.2 Å². The number of hydrogen-bond donors (Lipinski definition) is 1. The van der Waals surface area contributed by atoms with Crippen molar-refractivity contribution in [2.75, 3.05) is 5.73 Å². The van der Waals surface area contributed by atoms with E-state index in [1.54, 1.807) is 0 Å². The van der Waals surface area contributed by atoms with Crippen molar-refractivity contribution in [1.29, 1.82) is 0 Å². The molecule has 1 heterocycles. The van der Waals surface area contributed by atoms with Crippen LogP contribution in [-0.4, -0.2) is 4.98 Å². The number of nitrogen functional groups attached to an aromatic ring is 1. The molecule has 3 aromatic rings. The molecule has 102 valence electrons. The molecule has 0 atom stereocenters. The third-order valence-corrected chi connectivity index (χ3v) is 4.21. The fraction of sp³-hybridized carbons (Fsp3) is 0.0625. The van der Waals surface area contributed by atoms with Crippen molar-refractivity contribution in [2.45, 2.75) is 6.92 Å². The summed E-state index contributed by atoms with van der Waals surface area (Å²) in [6.45, 7) is 2.09. The number of aryl methyl sites for hydroxylation is 1. The highest BCUT2D eigenvalue weighted by Gasteiger charge is 1.99. The van der Waals surface area contributed by atoms with E-state index in [-0.39, 0.29) is 0 Å². The summed E-state index contributed by atoms with van der Waals surface area (Å²) in [5.41, 5.74) is 8.56. The molecule has 0 fully saturated rings. The number of hydrogen-bond acceptors (Lipinski definition) is 2. The average Bonchev–Trinajstić information content (AvgIpc) is 2.44. The third-order valence-electron chi connectivity index (χ3n) is 2.85. The fourth-order valence-corrected chi connectivity index (χ4v) is 2.51. The Kier molecular flexibility index (Phi) is 5.15. The van der Waals surface area contributed by atoms with Gasteiger partial charge in [-0.05, 0) is 68.6 Å². The van der Waals surface area contributed by atoms with Gasteiger partial charge in [0.2, 0.25) is 0 Å². The van der Waals surface area contributed by atoms with Gasteiger partial charge in [0.15, 0.2) is 0 Å². The van der Waals surface area contributed by atoms with Crippen LogP contribution in [0.15, 0.2) is 63.7 Å². The number of para-hydroxylation sites is 2. The van der Waals surface area contributed by atoms with Crippen LogP contribution in [0.3, 0.4) is 0 Å². The first-order chi connectivity index (χ1) is 9.59. The minimum atomic E-state index is 0.785. The smallest absolute Gasteiger partial charge is 0.0846 e. The third kappa shape index (κ3) is 3.58. The maximum atomic E-state index is 5.47. The van der Waals surface area contributed by atoms with Gasteiger partial charge in [0.25, 0.3) is 0 Å². The van der Waals surface area contributed by atoms with Gasteiger partial charge in [0.1, 0.15) is 0 Å². The largest absolute Gasteiger partial charge is 0.398 e. The Balaban J connectivity index is 0.000000160. The molecule has 0 bridgehead atoms. The second-order valence-corrected chi connectivity index (χ2v) is 5.99. The highest BCUT2D eigenvalue weighted by Crippen LogP contribution is 2.23. The normalized spacial score (nSPS) is 9.95. The molecule has 0 aliphatic rings. The van der Waals surface area contributed by atoms with Gasteiger partial charge in [-0.3, -0.25) is 4.98 Å². The lowest BCUT2D eigenvalue weighted by molar-refractivity contribution is 1.36. The lowest BCUT2D eigenvalue weighted by Crippen LogP contribution is -1.82. The van der Waals surface area contributed by atoms with Gasteiger partial charge in [-0.2, -0.15) is 0 Å². The first-order valence-corrected chi connectivity index (χ1v) is 7.68. The predicted molar refractivity (Wildman–Crippen MR) is 92.7 cm³/mol. The summed E-state index contributed by atoms with van der Waals surface area (Å²) >= 11 is 6.74. The Morgan fingerprint density at radius 3 is 2.20 bits per heavy atom. The summed E-state index contributed by atoms with van der Waals surface area (Å²) in [7, 11) is 0. The molecule has 2 nitrogen and oxygen atoms in total. The van der Waals surface area contributed by atoms with Gasteiger partial charge in [0, 0.05) is 26.2 Å². The van der Waals surface area contributed by atoms with E-state index in [1.165, 1.54) is 10.9 Å². The second-order valence-electron chi connectivity index (χ2n) is 4.29. The molecule has 0 aliphatic heterocycles. The molecule has 3 rings (SSSR count). The molecule has 0 spiro atoms. The fourth-order valence-electron chi connectivity index (χ4n) is 1.75. The molecular weight excluding hydrogens is 380 g/mol. The molecule has 0 radical (unpaired) electrons. The van der Waals surface area contributed by atoms with Gasteiger partial charge >= 0.3 is 0 Å². The monoisotopic (exact) mass is 392 g/mol. The van der Waals surface area contributed by atoms with E-state index in [4.69, 9.17) is 5.73 Å². The first-order valence-electron chi connectivity index (χ1n) is 6.09.